The van der Waals surface area contributed by atoms with Gasteiger partial charge in [0.2, 0.25) is 5.88 Å². The number of carbonyl (C=O) groups is 2. The van der Waals surface area contributed by atoms with Gasteiger partial charge in [-0.25, -0.2) is 10.0 Å². The van der Waals surface area contributed by atoms with Gasteiger partial charge in [0.05, 0.1) is 5.69 Å². The number of hydrogen-bond donors (Lipinski definition) is 2. The van der Waals surface area contributed by atoms with Crippen LogP contribution in [0.2, 0.25) is 0 Å². The monoisotopic (exact) mass is 480 g/mol. The Morgan fingerprint density at radius 1 is 1.11 bits per heavy atom. The fourth-order valence-electron chi connectivity index (χ4n) is 4.71. The molecule has 1 saturated heterocycles. The number of aromatic nitrogens is 1. The molecule has 2 aliphatic heterocycles. The van der Waals surface area contributed by atoms with Crippen molar-refractivity contribution in [3.05, 3.63) is 107 Å². The predicted octanol–water partition coefficient (Wildman–Crippen LogP) is 2.98. The summed E-state index contributed by atoms with van der Waals surface area (Å²) in [5.41, 5.74) is 8.95. The number of benzene rings is 2. The highest BCUT2D eigenvalue weighted by Gasteiger charge is 2.80. The number of aliphatic imine (C=N–C) groups is 1. The van der Waals surface area contributed by atoms with E-state index in [0.29, 0.717) is 16.8 Å². The SMILES string of the molecule is N#CC1=C(N)O[C@]23c4ccccc4C(=O)[C@]12SC(=Nc1ccccc1)N3NC(=O)c1ccccn1. The number of pyridine rings is 1. The summed E-state index contributed by atoms with van der Waals surface area (Å²) >= 11 is 1.04. The lowest BCUT2D eigenvalue weighted by molar-refractivity contribution is -0.0973. The number of ether oxygens (including phenoxy) is 1. The molecule has 3 aliphatic rings. The maximum absolute atomic E-state index is 13.9. The van der Waals surface area contributed by atoms with E-state index in [4.69, 9.17) is 15.5 Å². The van der Waals surface area contributed by atoms with Gasteiger partial charge in [0.1, 0.15) is 17.3 Å². The zero-order valence-corrected chi connectivity index (χ0v) is 18.8. The highest BCUT2D eigenvalue weighted by molar-refractivity contribution is 8.16. The molecule has 35 heavy (non-hydrogen) atoms. The number of hydrogen-bond acceptors (Lipinski definition) is 8. The first kappa shape index (κ1) is 20.9. The standard InChI is InChI=1S/C25H16N6O3S/c26-14-18-21(27)34-25-17-11-5-4-10-16(17)20(32)24(18,25)35-23(29-15-8-2-1-3-9-15)31(25)30-22(33)19-12-6-7-13-28-19/h1-13H,27H2,(H,30,33)/t24-,25-/m1/s1. The van der Waals surface area contributed by atoms with E-state index >= 15 is 0 Å². The molecule has 3 heterocycles. The third-order valence-corrected chi connectivity index (χ3v) is 7.57. The summed E-state index contributed by atoms with van der Waals surface area (Å²) in [6, 6.07) is 23.0. The van der Waals surface area contributed by atoms with Gasteiger partial charge in [-0.3, -0.25) is 20.0 Å². The zero-order valence-electron chi connectivity index (χ0n) is 18.0. The molecule has 1 fully saturated rings. The Labute approximate surface area is 203 Å². The Morgan fingerprint density at radius 3 is 2.60 bits per heavy atom. The highest BCUT2D eigenvalue weighted by Crippen LogP contribution is 2.67. The van der Waals surface area contributed by atoms with Crippen molar-refractivity contribution in [1.29, 1.82) is 5.26 Å². The number of para-hydroxylation sites is 1. The van der Waals surface area contributed by atoms with Gasteiger partial charge in [0, 0.05) is 17.3 Å². The molecule has 6 rings (SSSR count). The van der Waals surface area contributed by atoms with Crippen molar-refractivity contribution < 1.29 is 14.3 Å². The van der Waals surface area contributed by atoms with Gasteiger partial charge in [0.15, 0.2) is 15.7 Å². The molecule has 9 nitrogen and oxygen atoms in total. The number of nitrogens with two attached hydrogens (primary N) is 1. The highest BCUT2D eigenvalue weighted by atomic mass is 32.2. The van der Waals surface area contributed by atoms with Crippen molar-refractivity contribution >= 4 is 34.3 Å². The normalized spacial score (nSPS) is 25.1. The summed E-state index contributed by atoms with van der Waals surface area (Å²) < 4.78 is 4.63. The Hall–Kier alpha value is -4.62. The molecule has 0 radical (unpaired) electrons. The molecule has 3 aromatic rings. The molecule has 0 spiro atoms. The van der Waals surface area contributed by atoms with Gasteiger partial charge in [-0.2, -0.15) is 5.26 Å². The summed E-state index contributed by atoms with van der Waals surface area (Å²) in [6.45, 7) is 0. The number of rotatable bonds is 3. The summed E-state index contributed by atoms with van der Waals surface area (Å²) in [7, 11) is 0. The average Bonchev–Trinajstić information content (AvgIpc) is 3.38. The van der Waals surface area contributed by atoms with Crippen molar-refractivity contribution in [2.45, 2.75) is 10.5 Å². The van der Waals surface area contributed by atoms with Gasteiger partial charge in [-0.15, -0.1) is 0 Å². The quantitative estimate of drug-likeness (QED) is 0.584. The van der Waals surface area contributed by atoms with Crippen molar-refractivity contribution in [3.63, 3.8) is 0 Å². The second kappa shape index (κ2) is 7.44. The molecule has 0 bridgehead atoms. The molecule has 0 saturated carbocycles. The van der Waals surface area contributed by atoms with Crippen LogP contribution in [0.3, 0.4) is 0 Å². The number of Topliss-reactive ketones (excluding diaryl/α,β-unsaturated/α-hetero) is 1. The van der Waals surface area contributed by atoms with Gasteiger partial charge >= 0.3 is 0 Å². The minimum atomic E-state index is -1.64. The summed E-state index contributed by atoms with van der Waals surface area (Å²) in [5.74, 6) is -1.05. The second-order valence-corrected chi connectivity index (χ2v) is 9.16. The van der Waals surface area contributed by atoms with Crippen molar-refractivity contribution in [2.24, 2.45) is 10.7 Å². The third kappa shape index (κ3) is 2.64. The Balaban J connectivity index is 1.59. The van der Waals surface area contributed by atoms with Gasteiger partial charge in [0.25, 0.3) is 11.6 Å². The van der Waals surface area contributed by atoms with Crippen LogP contribution in [-0.2, 0) is 10.5 Å². The molecule has 3 N–H and O–H groups in total. The van der Waals surface area contributed by atoms with Crippen LogP contribution in [-0.4, -0.2) is 31.6 Å². The average molecular weight is 481 g/mol. The molecule has 2 atom stereocenters. The minimum Gasteiger partial charge on any atom is -0.444 e. The van der Waals surface area contributed by atoms with Crippen molar-refractivity contribution in [3.8, 4) is 6.07 Å². The maximum atomic E-state index is 13.9. The number of thioether (sulfide) groups is 1. The van der Waals surface area contributed by atoms with E-state index in [2.05, 4.69) is 16.5 Å². The number of nitrogens with zero attached hydrogens (tertiary/aromatic N) is 4. The fraction of sp³-hybridized carbons (Fsp3) is 0.0800. The maximum Gasteiger partial charge on any atom is 0.288 e. The lowest BCUT2D eigenvalue weighted by Gasteiger charge is -2.38. The van der Waals surface area contributed by atoms with Crippen LogP contribution in [0, 0.1) is 11.3 Å². The Morgan fingerprint density at radius 2 is 1.86 bits per heavy atom. The van der Waals surface area contributed by atoms with Crippen molar-refractivity contribution in [1.82, 2.24) is 15.4 Å². The third-order valence-electron chi connectivity index (χ3n) is 6.14. The van der Waals surface area contributed by atoms with Gasteiger partial charge < -0.3 is 10.5 Å². The van der Waals surface area contributed by atoms with Crippen LogP contribution >= 0.6 is 11.8 Å². The Bertz CT molecular complexity index is 1500. The topological polar surface area (TPSA) is 134 Å². The molecule has 2 aromatic carbocycles. The number of fused-ring (bicyclic) bond motifs is 1. The van der Waals surface area contributed by atoms with Gasteiger partial charge in [-0.05, 0) is 24.3 Å². The summed E-state index contributed by atoms with van der Waals surface area (Å²) in [5, 5.41) is 11.7. The van der Waals surface area contributed by atoms with Crippen LogP contribution in [0.5, 0.6) is 0 Å². The number of nitriles is 1. The van der Waals surface area contributed by atoms with E-state index in [0.717, 1.165) is 11.8 Å². The second-order valence-electron chi connectivity index (χ2n) is 7.98. The first-order valence-corrected chi connectivity index (χ1v) is 11.4. The number of ketones is 1. The van der Waals surface area contributed by atoms with Crippen LogP contribution in [0.25, 0.3) is 0 Å². The van der Waals surface area contributed by atoms with Crippen LogP contribution in [0.1, 0.15) is 26.4 Å². The van der Waals surface area contributed by atoms with E-state index in [1.165, 1.54) is 11.2 Å². The molecular formula is C25H16N6O3S. The van der Waals surface area contributed by atoms with E-state index in [-0.39, 0.29) is 28.1 Å². The van der Waals surface area contributed by atoms with Crippen LogP contribution in [0.4, 0.5) is 5.69 Å². The molecule has 1 aliphatic carbocycles. The summed E-state index contributed by atoms with van der Waals surface area (Å²) in [4.78, 5) is 36.0. The number of nitrogens with one attached hydrogen (secondary N) is 1. The molecule has 1 amide bonds. The molecule has 1 aromatic heterocycles. The number of hydrazine groups is 1. The zero-order chi connectivity index (χ0) is 24.2. The van der Waals surface area contributed by atoms with Gasteiger partial charge in [-0.1, -0.05) is 60.3 Å². The molecule has 170 valence electrons. The van der Waals surface area contributed by atoms with Crippen LogP contribution < -0.4 is 11.2 Å². The van der Waals surface area contributed by atoms with E-state index in [9.17, 15) is 14.9 Å². The lowest BCUT2D eigenvalue weighted by atomic mass is 9.89. The molecule has 10 heteroatoms. The fourth-order valence-corrected chi connectivity index (χ4v) is 6.24. The van der Waals surface area contributed by atoms with Crippen molar-refractivity contribution in [2.75, 3.05) is 0 Å². The molecular weight excluding hydrogens is 464 g/mol. The lowest BCUT2D eigenvalue weighted by Crippen LogP contribution is -2.59. The largest absolute Gasteiger partial charge is 0.444 e. The van der Waals surface area contributed by atoms with E-state index in [1.807, 2.05) is 18.2 Å². The summed E-state index contributed by atoms with van der Waals surface area (Å²) in [6.07, 6.45) is 1.50. The number of amides is 1. The number of carbonyl (C=O) groups excluding carboxylic acids is 2. The smallest absolute Gasteiger partial charge is 0.288 e. The first-order chi connectivity index (χ1) is 17.0. The first-order valence-electron chi connectivity index (χ1n) is 10.6. The van der Waals surface area contributed by atoms with Crippen LogP contribution in [0.15, 0.2) is 95.4 Å². The minimum absolute atomic E-state index is 0.0148. The predicted molar refractivity (Wildman–Crippen MR) is 128 cm³/mol. The Kier molecular flexibility index (Phi) is 4.46. The van der Waals surface area contributed by atoms with E-state index < -0.39 is 16.4 Å². The number of amidine groups is 1. The van der Waals surface area contributed by atoms with E-state index in [1.54, 1.807) is 54.6 Å². The molecule has 0 unspecified atom stereocenters.